The highest BCUT2D eigenvalue weighted by Crippen LogP contribution is 2.09. The Balaban J connectivity index is 2.28. The Morgan fingerprint density at radius 1 is 1.38 bits per heavy atom. The number of rotatable bonds is 5. The van der Waals surface area contributed by atoms with E-state index in [1.807, 2.05) is 12.1 Å². The van der Waals surface area contributed by atoms with Gasteiger partial charge in [0.15, 0.2) is 0 Å². The molecule has 6 heteroatoms. The van der Waals surface area contributed by atoms with E-state index in [1.54, 1.807) is 40.2 Å². The van der Waals surface area contributed by atoms with Crippen LogP contribution in [0.2, 0.25) is 0 Å². The van der Waals surface area contributed by atoms with Crippen molar-refractivity contribution < 1.29 is 14.3 Å². The predicted octanol–water partition coefficient (Wildman–Crippen LogP) is 1.95. The molecule has 0 unspecified atom stereocenters. The van der Waals surface area contributed by atoms with Gasteiger partial charge in [-0.1, -0.05) is 6.07 Å². The van der Waals surface area contributed by atoms with Gasteiger partial charge in [-0.25, -0.2) is 4.79 Å². The summed E-state index contributed by atoms with van der Waals surface area (Å²) in [5.41, 5.74) is 0.403. The van der Waals surface area contributed by atoms with Gasteiger partial charge >= 0.3 is 6.09 Å². The molecule has 1 aromatic rings. The monoisotopic (exact) mass is 293 g/mol. The van der Waals surface area contributed by atoms with Gasteiger partial charge < -0.3 is 15.0 Å². The molecule has 116 valence electrons. The molecule has 0 fully saturated rings. The summed E-state index contributed by atoms with van der Waals surface area (Å²) in [4.78, 5) is 28.8. The van der Waals surface area contributed by atoms with Crippen LogP contribution in [-0.2, 0) is 16.1 Å². The van der Waals surface area contributed by atoms with Crippen molar-refractivity contribution in [2.45, 2.75) is 39.3 Å². The van der Waals surface area contributed by atoms with Crippen molar-refractivity contribution in [3.05, 3.63) is 30.1 Å². The average molecular weight is 293 g/mol. The van der Waals surface area contributed by atoms with Crippen LogP contribution in [0, 0.1) is 0 Å². The number of ether oxygens (including phenoxy) is 1. The Bertz CT molecular complexity index is 469. The molecule has 0 aromatic carbocycles. The molecule has 21 heavy (non-hydrogen) atoms. The summed E-state index contributed by atoms with van der Waals surface area (Å²) in [6, 6.07) is 3.71. The molecule has 0 saturated heterocycles. The van der Waals surface area contributed by atoms with Gasteiger partial charge in [0.25, 0.3) is 0 Å². The van der Waals surface area contributed by atoms with Gasteiger partial charge in [-0.2, -0.15) is 0 Å². The fourth-order valence-corrected chi connectivity index (χ4v) is 1.49. The van der Waals surface area contributed by atoms with Gasteiger partial charge in [-0.05, 0) is 32.4 Å². The molecule has 0 saturated carbocycles. The van der Waals surface area contributed by atoms with E-state index in [2.05, 4.69) is 10.3 Å². The normalized spacial score (nSPS) is 10.9. The Hall–Kier alpha value is -2.11. The van der Waals surface area contributed by atoms with E-state index in [9.17, 15) is 9.59 Å². The van der Waals surface area contributed by atoms with Crippen LogP contribution in [0.15, 0.2) is 24.5 Å². The lowest BCUT2D eigenvalue weighted by Crippen LogP contribution is -2.36. The number of hydrogen-bond acceptors (Lipinski definition) is 4. The van der Waals surface area contributed by atoms with Gasteiger partial charge in [0.1, 0.15) is 5.60 Å². The zero-order valence-electron chi connectivity index (χ0n) is 13.0. The van der Waals surface area contributed by atoms with Gasteiger partial charge in [0, 0.05) is 39.0 Å². The zero-order valence-corrected chi connectivity index (χ0v) is 13.0. The highest BCUT2D eigenvalue weighted by molar-refractivity contribution is 5.77. The van der Waals surface area contributed by atoms with Crippen LogP contribution in [0.1, 0.15) is 32.8 Å². The third-order valence-corrected chi connectivity index (χ3v) is 2.59. The van der Waals surface area contributed by atoms with E-state index in [4.69, 9.17) is 4.74 Å². The summed E-state index contributed by atoms with van der Waals surface area (Å²) in [6.45, 7) is 6.16. The second kappa shape index (κ2) is 7.61. The number of carbonyl (C=O) groups is 2. The molecular weight excluding hydrogens is 270 g/mol. The molecule has 0 aliphatic heterocycles. The molecule has 1 aromatic heterocycles. The molecule has 1 N–H and O–H groups in total. The van der Waals surface area contributed by atoms with Crippen LogP contribution in [0.25, 0.3) is 0 Å². The number of aromatic nitrogens is 1. The maximum atomic E-state index is 11.7. The molecule has 0 radical (unpaired) electrons. The summed E-state index contributed by atoms with van der Waals surface area (Å²) in [6.07, 6.45) is 3.19. The van der Waals surface area contributed by atoms with Crippen LogP contribution in [0.3, 0.4) is 0 Å². The Labute approximate surface area is 125 Å². The predicted molar refractivity (Wildman–Crippen MR) is 79.6 cm³/mol. The fraction of sp³-hybridized carbons (Fsp3) is 0.533. The minimum absolute atomic E-state index is 0.116. The number of nitrogens with one attached hydrogen (secondary N) is 1. The van der Waals surface area contributed by atoms with Crippen molar-refractivity contribution in [1.29, 1.82) is 0 Å². The smallest absolute Gasteiger partial charge is 0.410 e. The zero-order chi connectivity index (χ0) is 15.9. The number of hydrogen-bond donors (Lipinski definition) is 1. The summed E-state index contributed by atoms with van der Waals surface area (Å²) in [5.74, 6) is -0.116. The standard InChI is InChI=1S/C15H23N3O3/c1-15(2,3)21-14(20)18(4)9-7-13(19)17-11-12-6-5-8-16-10-12/h5-6,8,10H,7,9,11H2,1-4H3,(H,17,19). The molecule has 0 aliphatic rings. The van der Waals surface area contributed by atoms with Gasteiger partial charge in [-0.3, -0.25) is 9.78 Å². The Kier molecular flexibility index (Phi) is 6.14. The van der Waals surface area contributed by atoms with E-state index in [0.29, 0.717) is 13.1 Å². The summed E-state index contributed by atoms with van der Waals surface area (Å²) in [5, 5.41) is 2.78. The molecule has 1 heterocycles. The first-order valence-electron chi connectivity index (χ1n) is 6.87. The molecule has 0 bridgehead atoms. The number of carbonyl (C=O) groups excluding carboxylic acids is 2. The van der Waals surface area contributed by atoms with E-state index >= 15 is 0 Å². The van der Waals surface area contributed by atoms with Crippen molar-refractivity contribution in [3.63, 3.8) is 0 Å². The highest BCUT2D eigenvalue weighted by Gasteiger charge is 2.19. The quantitative estimate of drug-likeness (QED) is 0.900. The van der Waals surface area contributed by atoms with E-state index in [1.165, 1.54) is 4.90 Å². The van der Waals surface area contributed by atoms with Gasteiger partial charge in [-0.15, -0.1) is 0 Å². The van der Waals surface area contributed by atoms with Crippen LogP contribution in [0.5, 0.6) is 0 Å². The van der Waals surface area contributed by atoms with Crippen molar-refractivity contribution in [2.24, 2.45) is 0 Å². The third kappa shape index (κ3) is 7.29. The van der Waals surface area contributed by atoms with Crippen LogP contribution in [-0.4, -0.2) is 41.1 Å². The van der Waals surface area contributed by atoms with Crippen LogP contribution in [0.4, 0.5) is 4.79 Å². The molecule has 2 amide bonds. The molecule has 0 aliphatic carbocycles. The van der Waals surface area contributed by atoms with Crippen LogP contribution < -0.4 is 5.32 Å². The van der Waals surface area contributed by atoms with Gasteiger partial charge in [0.05, 0.1) is 0 Å². The summed E-state index contributed by atoms with van der Waals surface area (Å²) in [7, 11) is 1.61. The first-order valence-corrected chi connectivity index (χ1v) is 6.87. The lowest BCUT2D eigenvalue weighted by Gasteiger charge is -2.24. The molecule has 1 rings (SSSR count). The van der Waals surface area contributed by atoms with Crippen molar-refractivity contribution in [2.75, 3.05) is 13.6 Å². The summed E-state index contributed by atoms with van der Waals surface area (Å²) < 4.78 is 5.21. The molecule has 0 atom stereocenters. The van der Waals surface area contributed by atoms with E-state index < -0.39 is 11.7 Å². The largest absolute Gasteiger partial charge is 0.444 e. The minimum atomic E-state index is -0.534. The van der Waals surface area contributed by atoms with Crippen molar-refractivity contribution >= 4 is 12.0 Å². The number of nitrogens with zero attached hydrogens (tertiary/aromatic N) is 2. The second-order valence-corrected chi connectivity index (χ2v) is 5.79. The molecule has 6 nitrogen and oxygen atoms in total. The first-order chi connectivity index (χ1) is 9.78. The third-order valence-electron chi connectivity index (χ3n) is 2.59. The molecule has 0 spiro atoms. The van der Waals surface area contributed by atoms with Crippen LogP contribution >= 0.6 is 0 Å². The van der Waals surface area contributed by atoms with Crippen molar-refractivity contribution in [3.8, 4) is 0 Å². The van der Waals surface area contributed by atoms with Gasteiger partial charge in [0.2, 0.25) is 5.91 Å². The maximum Gasteiger partial charge on any atom is 0.410 e. The first kappa shape index (κ1) is 16.9. The van der Waals surface area contributed by atoms with E-state index in [-0.39, 0.29) is 12.3 Å². The number of amides is 2. The topological polar surface area (TPSA) is 71.5 Å². The maximum absolute atomic E-state index is 11.7. The Morgan fingerprint density at radius 2 is 2.10 bits per heavy atom. The second-order valence-electron chi connectivity index (χ2n) is 5.79. The Morgan fingerprint density at radius 3 is 2.67 bits per heavy atom. The minimum Gasteiger partial charge on any atom is -0.444 e. The van der Waals surface area contributed by atoms with E-state index in [0.717, 1.165) is 5.56 Å². The fourth-order valence-electron chi connectivity index (χ4n) is 1.49. The summed E-state index contributed by atoms with van der Waals surface area (Å²) >= 11 is 0. The van der Waals surface area contributed by atoms with Crippen molar-refractivity contribution in [1.82, 2.24) is 15.2 Å². The lowest BCUT2D eigenvalue weighted by molar-refractivity contribution is -0.121. The average Bonchev–Trinajstić information content (AvgIpc) is 2.41. The number of pyridine rings is 1. The SMILES string of the molecule is CN(CCC(=O)NCc1cccnc1)C(=O)OC(C)(C)C. The lowest BCUT2D eigenvalue weighted by atomic mass is 10.2. The highest BCUT2D eigenvalue weighted by atomic mass is 16.6. The molecular formula is C15H23N3O3.